The van der Waals surface area contributed by atoms with E-state index in [2.05, 4.69) is 49.4 Å². The Labute approximate surface area is 164 Å². The van der Waals surface area contributed by atoms with Crippen LogP contribution < -0.4 is 0 Å². The molecule has 3 heterocycles. The summed E-state index contributed by atoms with van der Waals surface area (Å²) in [6.45, 7) is 0. The molecule has 4 nitrogen and oxygen atoms in total. The van der Waals surface area contributed by atoms with Crippen molar-refractivity contribution in [3.8, 4) is 10.7 Å². The molecule has 26 heavy (non-hydrogen) atoms. The van der Waals surface area contributed by atoms with Crippen LogP contribution in [0.5, 0.6) is 0 Å². The number of thioether (sulfide) groups is 1. The van der Waals surface area contributed by atoms with Crippen LogP contribution in [0, 0.1) is 0 Å². The quantitative estimate of drug-likeness (QED) is 0.313. The minimum absolute atomic E-state index is 0.523. The molecule has 0 radical (unpaired) electrons. The molecule has 0 aliphatic heterocycles. The van der Waals surface area contributed by atoms with Crippen molar-refractivity contribution < 1.29 is 0 Å². The van der Waals surface area contributed by atoms with Crippen molar-refractivity contribution in [2.45, 2.75) is 29.8 Å². The van der Waals surface area contributed by atoms with Crippen LogP contribution in [0.25, 0.3) is 21.6 Å². The highest BCUT2D eigenvalue weighted by atomic mass is 35.5. The van der Waals surface area contributed by atoms with Gasteiger partial charge in [0.15, 0.2) is 11.0 Å². The Morgan fingerprint density at radius 2 is 2.04 bits per heavy atom. The normalized spacial score (nSPS) is 14.2. The van der Waals surface area contributed by atoms with E-state index in [1.54, 1.807) is 23.1 Å². The lowest BCUT2D eigenvalue weighted by atomic mass is 10.2. The lowest BCUT2D eigenvalue weighted by Gasteiger charge is -2.09. The van der Waals surface area contributed by atoms with Crippen LogP contribution in [-0.2, 0) is 5.75 Å². The van der Waals surface area contributed by atoms with Crippen LogP contribution >= 0.6 is 34.7 Å². The Bertz CT molecular complexity index is 1070. The van der Waals surface area contributed by atoms with E-state index in [-0.39, 0.29) is 0 Å². The molecule has 0 bridgehead atoms. The summed E-state index contributed by atoms with van der Waals surface area (Å²) in [7, 11) is 0. The second kappa shape index (κ2) is 6.68. The molecule has 1 saturated carbocycles. The Hall–Kier alpha value is -1.89. The maximum absolute atomic E-state index is 6.40. The minimum Gasteiger partial charge on any atom is -0.298 e. The summed E-state index contributed by atoms with van der Waals surface area (Å²) in [6.07, 6.45) is 2.39. The van der Waals surface area contributed by atoms with Crippen molar-refractivity contribution >= 4 is 45.6 Å². The highest BCUT2D eigenvalue weighted by Crippen LogP contribution is 2.42. The lowest BCUT2D eigenvalue weighted by Crippen LogP contribution is -1.99. The Morgan fingerprint density at radius 3 is 2.85 bits per heavy atom. The van der Waals surface area contributed by atoms with Gasteiger partial charge in [-0.2, -0.15) is 0 Å². The first kappa shape index (κ1) is 16.3. The second-order valence-electron chi connectivity index (χ2n) is 6.30. The number of thiophene rings is 1. The average Bonchev–Trinajstić information content (AvgIpc) is 3.18. The smallest absolute Gasteiger partial charge is 0.192 e. The zero-order chi connectivity index (χ0) is 17.5. The predicted octanol–water partition coefficient (Wildman–Crippen LogP) is 5.84. The summed E-state index contributed by atoms with van der Waals surface area (Å²) < 4.78 is 2.29. The van der Waals surface area contributed by atoms with Crippen molar-refractivity contribution in [2.75, 3.05) is 0 Å². The summed E-state index contributed by atoms with van der Waals surface area (Å²) in [5.74, 6) is 1.71. The molecule has 0 unspecified atom stereocenters. The molecule has 130 valence electrons. The summed E-state index contributed by atoms with van der Waals surface area (Å²) in [4.78, 5) is 5.68. The van der Waals surface area contributed by atoms with E-state index in [9.17, 15) is 0 Å². The molecule has 0 amide bonds. The zero-order valence-corrected chi connectivity index (χ0v) is 16.2. The van der Waals surface area contributed by atoms with Crippen LogP contribution in [0.15, 0.2) is 53.0 Å². The first-order valence-corrected chi connectivity index (χ1v) is 10.7. The van der Waals surface area contributed by atoms with E-state index in [1.165, 1.54) is 17.7 Å². The van der Waals surface area contributed by atoms with Crippen molar-refractivity contribution in [1.29, 1.82) is 0 Å². The van der Waals surface area contributed by atoms with Crippen LogP contribution in [0.4, 0.5) is 0 Å². The highest BCUT2D eigenvalue weighted by Gasteiger charge is 2.30. The monoisotopic (exact) mass is 398 g/mol. The number of fused-ring (bicyclic) bond motifs is 1. The van der Waals surface area contributed by atoms with Crippen LogP contribution in [-0.4, -0.2) is 19.7 Å². The number of para-hydroxylation sites is 1. The molecular formula is C19H15ClN4S2. The Morgan fingerprint density at radius 1 is 1.15 bits per heavy atom. The van der Waals surface area contributed by atoms with Gasteiger partial charge >= 0.3 is 0 Å². The Kier molecular flexibility index (Phi) is 4.19. The third-order valence-corrected chi connectivity index (χ3v) is 6.61. The van der Waals surface area contributed by atoms with Gasteiger partial charge in [0, 0.05) is 22.7 Å². The molecule has 1 fully saturated rings. The Balaban J connectivity index is 1.45. The van der Waals surface area contributed by atoms with Gasteiger partial charge < -0.3 is 0 Å². The van der Waals surface area contributed by atoms with E-state index < -0.39 is 0 Å². The lowest BCUT2D eigenvalue weighted by molar-refractivity contribution is 0.670. The predicted molar refractivity (Wildman–Crippen MR) is 108 cm³/mol. The van der Waals surface area contributed by atoms with Gasteiger partial charge in [-0.15, -0.1) is 21.5 Å². The molecule has 5 rings (SSSR count). The number of halogens is 1. The number of nitrogens with zero attached hydrogens (tertiary/aromatic N) is 4. The van der Waals surface area contributed by atoms with Gasteiger partial charge in [-0.1, -0.05) is 47.6 Å². The van der Waals surface area contributed by atoms with Gasteiger partial charge in [0.05, 0.1) is 10.4 Å². The topological polar surface area (TPSA) is 43.6 Å². The maximum atomic E-state index is 6.40. The standard InChI is InChI=1S/C19H15ClN4S2/c20-17-13(10-12-4-1-2-5-15(12)21-17)11-26-19-23-22-18(16-6-3-9-25-16)24(19)14-7-8-14/h1-6,9-10,14H,7-8,11H2. The summed E-state index contributed by atoms with van der Waals surface area (Å²) in [6, 6.07) is 14.8. The number of rotatable bonds is 5. The SMILES string of the molecule is Clc1nc2ccccc2cc1CSc1nnc(-c2cccs2)n1C1CC1. The van der Waals surface area contributed by atoms with Crippen molar-refractivity contribution in [3.05, 3.63) is 58.6 Å². The number of hydrogen-bond donors (Lipinski definition) is 0. The number of benzene rings is 1. The fraction of sp³-hybridized carbons (Fsp3) is 0.211. The number of aromatic nitrogens is 4. The second-order valence-corrected chi connectivity index (χ2v) is 8.55. The maximum Gasteiger partial charge on any atom is 0.192 e. The fourth-order valence-corrected chi connectivity index (χ4v) is 4.97. The zero-order valence-electron chi connectivity index (χ0n) is 13.8. The van der Waals surface area contributed by atoms with Crippen LogP contribution in [0.2, 0.25) is 5.15 Å². The van der Waals surface area contributed by atoms with Crippen LogP contribution in [0.3, 0.4) is 0 Å². The molecule has 4 aromatic rings. The van der Waals surface area contributed by atoms with Gasteiger partial charge in [-0.05, 0) is 36.4 Å². The van der Waals surface area contributed by atoms with Gasteiger partial charge in [0.2, 0.25) is 0 Å². The highest BCUT2D eigenvalue weighted by molar-refractivity contribution is 7.98. The molecule has 1 aromatic carbocycles. The average molecular weight is 399 g/mol. The molecule has 7 heteroatoms. The number of pyridine rings is 1. The molecule has 0 N–H and O–H groups in total. The van der Waals surface area contributed by atoms with E-state index >= 15 is 0 Å². The molecule has 1 aliphatic carbocycles. The van der Waals surface area contributed by atoms with Gasteiger partial charge in [0.1, 0.15) is 5.15 Å². The summed E-state index contributed by atoms with van der Waals surface area (Å²) in [5.41, 5.74) is 1.95. The van der Waals surface area contributed by atoms with E-state index in [1.807, 2.05) is 18.2 Å². The first-order chi connectivity index (χ1) is 12.8. The van der Waals surface area contributed by atoms with Crippen LogP contribution in [0.1, 0.15) is 24.4 Å². The summed E-state index contributed by atoms with van der Waals surface area (Å²) in [5, 5.41) is 13.6. The van der Waals surface area contributed by atoms with Gasteiger partial charge in [0.25, 0.3) is 0 Å². The minimum atomic E-state index is 0.523. The van der Waals surface area contributed by atoms with E-state index in [0.717, 1.165) is 33.2 Å². The summed E-state index contributed by atoms with van der Waals surface area (Å²) >= 11 is 9.79. The molecule has 1 aliphatic rings. The molecule has 0 spiro atoms. The third-order valence-electron chi connectivity index (χ3n) is 4.42. The van der Waals surface area contributed by atoms with Gasteiger partial charge in [-0.3, -0.25) is 4.57 Å². The van der Waals surface area contributed by atoms with Crippen molar-refractivity contribution in [3.63, 3.8) is 0 Å². The molecule has 0 atom stereocenters. The molecule has 0 saturated heterocycles. The largest absolute Gasteiger partial charge is 0.298 e. The van der Waals surface area contributed by atoms with Crippen molar-refractivity contribution in [2.24, 2.45) is 0 Å². The molecule has 3 aromatic heterocycles. The number of hydrogen-bond acceptors (Lipinski definition) is 5. The first-order valence-electron chi connectivity index (χ1n) is 8.45. The van der Waals surface area contributed by atoms with Gasteiger partial charge in [-0.25, -0.2) is 4.98 Å². The van der Waals surface area contributed by atoms with Crippen molar-refractivity contribution in [1.82, 2.24) is 19.7 Å². The molecular weight excluding hydrogens is 384 g/mol. The van der Waals surface area contributed by atoms with E-state index in [0.29, 0.717) is 11.2 Å². The fourth-order valence-electron chi connectivity index (χ4n) is 2.99. The van der Waals surface area contributed by atoms with E-state index in [4.69, 9.17) is 11.6 Å². The third kappa shape index (κ3) is 3.02.